The van der Waals surface area contributed by atoms with E-state index < -0.39 is 0 Å². The van der Waals surface area contributed by atoms with Gasteiger partial charge in [0.25, 0.3) is 0 Å². The fourth-order valence-corrected chi connectivity index (χ4v) is 3.39. The summed E-state index contributed by atoms with van der Waals surface area (Å²) in [5.41, 5.74) is 2.50. The third-order valence-corrected chi connectivity index (χ3v) is 4.44. The molecule has 0 bridgehead atoms. The van der Waals surface area contributed by atoms with Crippen LogP contribution in [0, 0.1) is 0 Å². The molecular formula is C17H23N3. The molecule has 1 heterocycles. The second-order valence-corrected chi connectivity index (χ2v) is 5.64. The van der Waals surface area contributed by atoms with Crippen LogP contribution in [0.4, 0.5) is 0 Å². The lowest BCUT2D eigenvalue weighted by molar-refractivity contribution is 0.425. The number of benzene rings is 1. The fourth-order valence-electron chi connectivity index (χ4n) is 3.39. The molecule has 3 nitrogen and oxygen atoms in total. The van der Waals surface area contributed by atoms with Crippen LogP contribution in [-0.2, 0) is 0 Å². The molecule has 1 aromatic heterocycles. The molecule has 1 aromatic carbocycles. The number of rotatable bonds is 3. The molecule has 106 valence electrons. The maximum Gasteiger partial charge on any atom is 0.0648 e. The van der Waals surface area contributed by atoms with Gasteiger partial charge >= 0.3 is 0 Å². The van der Waals surface area contributed by atoms with Crippen LogP contribution in [0.1, 0.15) is 43.7 Å². The smallest absolute Gasteiger partial charge is 0.0648 e. The van der Waals surface area contributed by atoms with Gasteiger partial charge in [-0.15, -0.1) is 0 Å². The van der Waals surface area contributed by atoms with Crippen molar-refractivity contribution in [1.29, 1.82) is 0 Å². The van der Waals surface area contributed by atoms with Gasteiger partial charge in [0.15, 0.2) is 0 Å². The number of hydrogen-bond donors (Lipinski definition) is 1. The highest BCUT2D eigenvalue weighted by Gasteiger charge is 2.26. The van der Waals surface area contributed by atoms with Crippen molar-refractivity contribution in [3.8, 4) is 5.69 Å². The van der Waals surface area contributed by atoms with Crippen LogP contribution in [0.2, 0.25) is 0 Å². The minimum atomic E-state index is 0.560. The molecule has 0 aliphatic heterocycles. The Hall–Kier alpha value is -1.61. The molecule has 0 spiro atoms. The van der Waals surface area contributed by atoms with E-state index in [0.29, 0.717) is 12.0 Å². The Morgan fingerprint density at radius 2 is 1.85 bits per heavy atom. The molecule has 2 aromatic rings. The Bertz CT molecular complexity index is 532. The van der Waals surface area contributed by atoms with E-state index in [2.05, 4.69) is 58.5 Å². The average Bonchev–Trinajstić information content (AvgIpc) is 2.86. The average molecular weight is 269 g/mol. The van der Waals surface area contributed by atoms with E-state index in [-0.39, 0.29) is 0 Å². The minimum absolute atomic E-state index is 0.560. The number of nitrogens with zero attached hydrogens (tertiary/aromatic N) is 2. The molecule has 1 aliphatic carbocycles. The molecule has 2 atom stereocenters. The first kappa shape index (κ1) is 13.4. The van der Waals surface area contributed by atoms with Gasteiger partial charge in [0.05, 0.1) is 5.69 Å². The number of hydrogen-bond acceptors (Lipinski definition) is 2. The second-order valence-electron chi connectivity index (χ2n) is 5.64. The summed E-state index contributed by atoms with van der Waals surface area (Å²) in [5.74, 6) is 0.560. The highest BCUT2D eigenvalue weighted by atomic mass is 15.3. The van der Waals surface area contributed by atoms with Crippen LogP contribution in [0.25, 0.3) is 5.69 Å². The molecule has 0 saturated heterocycles. The van der Waals surface area contributed by atoms with Gasteiger partial charge in [-0.3, -0.25) is 0 Å². The van der Waals surface area contributed by atoms with Crippen LogP contribution in [-0.4, -0.2) is 22.9 Å². The van der Waals surface area contributed by atoms with E-state index in [1.807, 2.05) is 6.20 Å². The van der Waals surface area contributed by atoms with Gasteiger partial charge in [-0.2, -0.15) is 5.10 Å². The predicted octanol–water partition coefficient (Wildman–Crippen LogP) is 3.51. The summed E-state index contributed by atoms with van der Waals surface area (Å²) in [6.45, 7) is 0. The lowest BCUT2D eigenvalue weighted by atomic mass is 9.91. The van der Waals surface area contributed by atoms with Gasteiger partial charge in [-0.25, -0.2) is 4.68 Å². The summed E-state index contributed by atoms with van der Waals surface area (Å²) < 4.78 is 2.11. The second kappa shape index (κ2) is 6.23. The molecule has 20 heavy (non-hydrogen) atoms. The SMILES string of the molecule is CNC1CCCCCC1c1ccnn1-c1ccccc1. The summed E-state index contributed by atoms with van der Waals surface area (Å²) in [7, 11) is 2.09. The highest BCUT2D eigenvalue weighted by molar-refractivity contribution is 5.33. The highest BCUT2D eigenvalue weighted by Crippen LogP contribution is 2.32. The molecule has 0 amide bonds. The van der Waals surface area contributed by atoms with Gasteiger partial charge in [-0.05, 0) is 38.1 Å². The monoisotopic (exact) mass is 269 g/mol. The van der Waals surface area contributed by atoms with E-state index in [9.17, 15) is 0 Å². The molecule has 1 N–H and O–H groups in total. The van der Waals surface area contributed by atoms with Crippen molar-refractivity contribution in [1.82, 2.24) is 15.1 Å². The number of aromatic nitrogens is 2. The van der Waals surface area contributed by atoms with Gasteiger partial charge in [0.2, 0.25) is 0 Å². The topological polar surface area (TPSA) is 29.9 Å². The summed E-state index contributed by atoms with van der Waals surface area (Å²) in [4.78, 5) is 0. The zero-order valence-corrected chi connectivity index (χ0v) is 12.1. The Morgan fingerprint density at radius 3 is 2.65 bits per heavy atom. The van der Waals surface area contributed by atoms with Crippen LogP contribution >= 0.6 is 0 Å². The zero-order chi connectivity index (χ0) is 13.8. The Balaban J connectivity index is 1.95. The van der Waals surface area contributed by atoms with Crippen LogP contribution < -0.4 is 5.32 Å². The van der Waals surface area contributed by atoms with E-state index in [0.717, 1.165) is 5.69 Å². The predicted molar refractivity (Wildman–Crippen MR) is 82.2 cm³/mol. The number of likely N-dealkylation sites (N-methyl/N-ethyl adjacent to an activating group) is 1. The number of nitrogens with one attached hydrogen (secondary N) is 1. The van der Waals surface area contributed by atoms with Gasteiger partial charge in [0, 0.05) is 23.9 Å². The van der Waals surface area contributed by atoms with E-state index in [1.54, 1.807) is 0 Å². The first-order chi connectivity index (χ1) is 9.90. The zero-order valence-electron chi connectivity index (χ0n) is 12.1. The van der Waals surface area contributed by atoms with E-state index in [1.165, 1.54) is 37.8 Å². The summed E-state index contributed by atoms with van der Waals surface area (Å²) in [6.07, 6.45) is 8.46. The van der Waals surface area contributed by atoms with Crippen molar-refractivity contribution in [3.63, 3.8) is 0 Å². The molecule has 1 saturated carbocycles. The quantitative estimate of drug-likeness (QED) is 0.864. The molecule has 1 fully saturated rings. The van der Waals surface area contributed by atoms with Gasteiger partial charge < -0.3 is 5.32 Å². The van der Waals surface area contributed by atoms with Crippen molar-refractivity contribution in [2.75, 3.05) is 7.05 Å². The van der Waals surface area contributed by atoms with Crippen molar-refractivity contribution in [2.24, 2.45) is 0 Å². The largest absolute Gasteiger partial charge is 0.316 e. The maximum atomic E-state index is 4.55. The lowest BCUT2D eigenvalue weighted by Crippen LogP contribution is -2.32. The summed E-state index contributed by atoms with van der Waals surface area (Å²) in [5, 5.41) is 8.07. The Kier molecular flexibility index (Phi) is 4.16. The Morgan fingerprint density at radius 1 is 1.05 bits per heavy atom. The lowest BCUT2D eigenvalue weighted by Gasteiger charge is -2.25. The van der Waals surface area contributed by atoms with Crippen LogP contribution in [0.3, 0.4) is 0 Å². The molecule has 3 heteroatoms. The van der Waals surface area contributed by atoms with Crippen molar-refractivity contribution in [2.45, 2.75) is 44.1 Å². The van der Waals surface area contributed by atoms with Crippen molar-refractivity contribution in [3.05, 3.63) is 48.3 Å². The number of para-hydroxylation sites is 1. The van der Waals surface area contributed by atoms with E-state index >= 15 is 0 Å². The normalized spacial score (nSPS) is 23.4. The molecule has 1 aliphatic rings. The fraction of sp³-hybridized carbons (Fsp3) is 0.471. The molecule has 3 rings (SSSR count). The summed E-state index contributed by atoms with van der Waals surface area (Å²) >= 11 is 0. The third-order valence-electron chi connectivity index (χ3n) is 4.44. The molecule has 0 radical (unpaired) electrons. The van der Waals surface area contributed by atoms with E-state index in [4.69, 9.17) is 0 Å². The third kappa shape index (κ3) is 2.63. The standard InChI is InChI=1S/C17H23N3/c1-18-16-11-7-3-6-10-15(16)17-12-13-19-20(17)14-8-4-2-5-9-14/h2,4-5,8-9,12-13,15-16,18H,3,6-7,10-11H2,1H3. The van der Waals surface area contributed by atoms with Gasteiger partial charge in [-0.1, -0.05) is 37.5 Å². The van der Waals surface area contributed by atoms with Crippen molar-refractivity contribution >= 4 is 0 Å². The molecular weight excluding hydrogens is 246 g/mol. The first-order valence-electron chi connectivity index (χ1n) is 7.67. The van der Waals surface area contributed by atoms with Crippen LogP contribution in [0.15, 0.2) is 42.6 Å². The van der Waals surface area contributed by atoms with Gasteiger partial charge in [0.1, 0.15) is 0 Å². The maximum absolute atomic E-state index is 4.55. The Labute approximate surface area is 121 Å². The summed E-state index contributed by atoms with van der Waals surface area (Å²) in [6, 6.07) is 13.2. The molecule has 2 unspecified atom stereocenters. The van der Waals surface area contributed by atoms with Crippen molar-refractivity contribution < 1.29 is 0 Å². The minimum Gasteiger partial charge on any atom is -0.316 e. The first-order valence-corrected chi connectivity index (χ1v) is 7.67. The van der Waals surface area contributed by atoms with Crippen LogP contribution in [0.5, 0.6) is 0 Å².